The summed E-state index contributed by atoms with van der Waals surface area (Å²) in [6, 6.07) is 8.10. The zero-order chi connectivity index (χ0) is 19.6. The van der Waals surface area contributed by atoms with Gasteiger partial charge in [0.15, 0.2) is 0 Å². The summed E-state index contributed by atoms with van der Waals surface area (Å²) in [4.78, 5) is 29.5. The summed E-state index contributed by atoms with van der Waals surface area (Å²) in [5.74, 6) is -1.58. The molecule has 0 fully saturated rings. The number of carbonyl (C=O) groups is 2. The van der Waals surface area contributed by atoms with E-state index >= 15 is 0 Å². The van der Waals surface area contributed by atoms with Gasteiger partial charge in [-0.15, -0.1) is 11.3 Å². The van der Waals surface area contributed by atoms with Crippen molar-refractivity contribution in [1.29, 1.82) is 0 Å². The second kappa shape index (κ2) is 7.94. The molecule has 0 radical (unpaired) electrons. The zero-order valence-electron chi connectivity index (χ0n) is 14.6. The van der Waals surface area contributed by atoms with Crippen LogP contribution in [0, 0.1) is 0 Å². The standard InChI is InChI=1S/C19H18ClN3O3S/c1-2-3-4-10-5-7-12-15(21)16(27-18(12)23-10)17(24)22-11-6-8-14(20)13(9-11)19(25)26/h5-9H,2-4,21H2,1H3,(H,22,24)(H,25,26). The Morgan fingerprint density at radius 2 is 2.07 bits per heavy atom. The Balaban J connectivity index is 1.88. The van der Waals surface area contributed by atoms with Crippen molar-refractivity contribution in [3.63, 3.8) is 0 Å². The Labute approximate surface area is 165 Å². The molecule has 0 spiro atoms. The molecule has 1 aromatic carbocycles. The number of pyridine rings is 1. The number of hydrogen-bond acceptors (Lipinski definition) is 5. The Morgan fingerprint density at radius 3 is 2.78 bits per heavy atom. The van der Waals surface area contributed by atoms with Crippen molar-refractivity contribution in [2.75, 3.05) is 11.1 Å². The van der Waals surface area contributed by atoms with Gasteiger partial charge >= 0.3 is 5.97 Å². The first kappa shape index (κ1) is 19.1. The molecule has 2 heterocycles. The fraction of sp³-hybridized carbons (Fsp3) is 0.211. The Kier molecular flexibility index (Phi) is 5.62. The van der Waals surface area contributed by atoms with E-state index in [1.807, 2.05) is 12.1 Å². The van der Waals surface area contributed by atoms with Gasteiger partial charge < -0.3 is 16.2 Å². The third-order valence-electron chi connectivity index (χ3n) is 4.10. The van der Waals surface area contributed by atoms with Crippen LogP contribution >= 0.6 is 22.9 Å². The number of aryl methyl sites for hydroxylation is 1. The molecule has 3 aromatic rings. The van der Waals surface area contributed by atoms with Crippen LogP contribution in [0.1, 0.15) is 45.5 Å². The van der Waals surface area contributed by atoms with Gasteiger partial charge in [-0.2, -0.15) is 0 Å². The highest BCUT2D eigenvalue weighted by molar-refractivity contribution is 7.21. The van der Waals surface area contributed by atoms with Crippen LogP contribution in [0.25, 0.3) is 10.2 Å². The summed E-state index contributed by atoms with van der Waals surface area (Å²) in [6.45, 7) is 2.12. The van der Waals surface area contributed by atoms with Crippen molar-refractivity contribution in [2.24, 2.45) is 0 Å². The van der Waals surface area contributed by atoms with Crippen molar-refractivity contribution in [1.82, 2.24) is 4.98 Å². The van der Waals surface area contributed by atoms with E-state index < -0.39 is 11.9 Å². The minimum atomic E-state index is -1.17. The van der Waals surface area contributed by atoms with E-state index in [9.17, 15) is 9.59 Å². The second-order valence-corrected chi connectivity index (χ2v) is 7.46. The zero-order valence-corrected chi connectivity index (χ0v) is 16.2. The Bertz CT molecular complexity index is 1030. The molecule has 0 saturated heterocycles. The number of thiophene rings is 1. The van der Waals surface area contributed by atoms with Gasteiger partial charge in [0.25, 0.3) is 5.91 Å². The van der Waals surface area contributed by atoms with Crippen LogP contribution < -0.4 is 11.1 Å². The van der Waals surface area contributed by atoms with E-state index in [-0.39, 0.29) is 10.6 Å². The number of rotatable bonds is 6. The first-order chi connectivity index (χ1) is 12.9. The Morgan fingerprint density at radius 1 is 1.30 bits per heavy atom. The molecule has 6 nitrogen and oxygen atoms in total. The van der Waals surface area contributed by atoms with E-state index in [4.69, 9.17) is 22.4 Å². The Hall–Kier alpha value is -2.64. The third-order valence-corrected chi connectivity index (χ3v) is 5.54. The van der Waals surface area contributed by atoms with E-state index in [1.165, 1.54) is 29.5 Å². The summed E-state index contributed by atoms with van der Waals surface area (Å²) in [5.41, 5.74) is 7.73. The van der Waals surface area contributed by atoms with Crippen molar-refractivity contribution in [3.05, 3.63) is 51.5 Å². The highest BCUT2D eigenvalue weighted by atomic mass is 35.5. The molecule has 1 amide bonds. The number of hydrogen-bond donors (Lipinski definition) is 3. The first-order valence-corrected chi connectivity index (χ1v) is 9.62. The fourth-order valence-corrected chi connectivity index (χ4v) is 3.86. The highest BCUT2D eigenvalue weighted by Gasteiger charge is 2.18. The predicted molar refractivity (Wildman–Crippen MR) is 109 cm³/mol. The van der Waals surface area contributed by atoms with Gasteiger partial charge in [-0.05, 0) is 43.2 Å². The number of unbranched alkanes of at least 4 members (excludes halogenated alkanes) is 1. The van der Waals surface area contributed by atoms with Crippen LogP contribution in [0.5, 0.6) is 0 Å². The number of amides is 1. The minimum Gasteiger partial charge on any atom is -0.478 e. The summed E-state index contributed by atoms with van der Waals surface area (Å²) in [5, 5.41) is 12.7. The maximum absolute atomic E-state index is 12.6. The van der Waals surface area contributed by atoms with Gasteiger partial charge in [0, 0.05) is 16.8 Å². The van der Waals surface area contributed by atoms with Crippen molar-refractivity contribution in [3.8, 4) is 0 Å². The molecule has 0 aliphatic rings. The molecule has 0 atom stereocenters. The summed E-state index contributed by atoms with van der Waals surface area (Å²) < 4.78 is 0. The van der Waals surface area contributed by atoms with Crippen LogP contribution in [0.15, 0.2) is 30.3 Å². The van der Waals surface area contributed by atoms with Gasteiger partial charge in [-0.1, -0.05) is 24.9 Å². The fourth-order valence-electron chi connectivity index (χ4n) is 2.66. The van der Waals surface area contributed by atoms with Gasteiger partial charge in [0.1, 0.15) is 9.71 Å². The summed E-state index contributed by atoms with van der Waals surface area (Å²) in [7, 11) is 0. The smallest absolute Gasteiger partial charge is 0.337 e. The monoisotopic (exact) mass is 403 g/mol. The number of carbonyl (C=O) groups excluding carboxylic acids is 1. The number of benzene rings is 1. The van der Waals surface area contributed by atoms with Crippen LogP contribution in [0.4, 0.5) is 11.4 Å². The lowest BCUT2D eigenvalue weighted by molar-refractivity contribution is 0.0696. The SMILES string of the molecule is CCCCc1ccc2c(N)c(C(=O)Nc3ccc(Cl)c(C(=O)O)c3)sc2n1. The molecule has 8 heteroatoms. The maximum Gasteiger partial charge on any atom is 0.337 e. The van der Waals surface area contributed by atoms with Crippen molar-refractivity contribution >= 4 is 56.4 Å². The molecule has 0 aliphatic carbocycles. The van der Waals surface area contributed by atoms with Gasteiger partial charge in [0.05, 0.1) is 16.3 Å². The molecule has 3 rings (SSSR count). The molecule has 140 valence electrons. The molecule has 27 heavy (non-hydrogen) atoms. The predicted octanol–water partition coefficient (Wildman–Crippen LogP) is 4.83. The number of nitrogen functional groups attached to an aromatic ring is 1. The average molecular weight is 404 g/mol. The van der Waals surface area contributed by atoms with Gasteiger partial charge in [-0.25, -0.2) is 9.78 Å². The quantitative estimate of drug-likeness (QED) is 0.546. The third kappa shape index (κ3) is 4.04. The summed E-state index contributed by atoms with van der Waals surface area (Å²) >= 11 is 7.08. The second-order valence-electron chi connectivity index (χ2n) is 6.06. The van der Waals surface area contributed by atoms with Crippen molar-refractivity contribution < 1.29 is 14.7 Å². The number of anilines is 2. The van der Waals surface area contributed by atoms with Crippen LogP contribution in [0.3, 0.4) is 0 Å². The first-order valence-electron chi connectivity index (χ1n) is 8.42. The van der Waals surface area contributed by atoms with Crippen molar-refractivity contribution in [2.45, 2.75) is 26.2 Å². The number of aromatic carboxylic acids is 1. The van der Waals surface area contributed by atoms with E-state index in [0.29, 0.717) is 21.1 Å². The lowest BCUT2D eigenvalue weighted by Crippen LogP contribution is -2.12. The number of nitrogens with zero attached hydrogens (tertiary/aromatic N) is 1. The average Bonchev–Trinajstić information content (AvgIpc) is 2.97. The largest absolute Gasteiger partial charge is 0.478 e. The molecule has 2 aromatic heterocycles. The minimum absolute atomic E-state index is 0.0824. The van der Waals surface area contributed by atoms with Gasteiger partial charge in [-0.3, -0.25) is 4.79 Å². The lowest BCUT2D eigenvalue weighted by atomic mass is 10.1. The molecular formula is C19H18ClN3O3S. The molecule has 0 unspecified atom stereocenters. The van der Waals surface area contributed by atoms with E-state index in [1.54, 1.807) is 0 Å². The van der Waals surface area contributed by atoms with E-state index in [2.05, 4.69) is 17.2 Å². The number of nitrogens with one attached hydrogen (secondary N) is 1. The maximum atomic E-state index is 12.6. The number of aromatic nitrogens is 1. The number of carboxylic acid groups (broad SMARTS) is 1. The molecular weight excluding hydrogens is 386 g/mol. The number of halogens is 1. The van der Waals surface area contributed by atoms with Gasteiger partial charge in [0.2, 0.25) is 0 Å². The van der Waals surface area contributed by atoms with Crippen LogP contribution in [-0.2, 0) is 6.42 Å². The molecule has 0 aliphatic heterocycles. The summed E-state index contributed by atoms with van der Waals surface area (Å²) in [6.07, 6.45) is 3.02. The number of nitrogens with two attached hydrogens (primary N) is 1. The molecule has 0 saturated carbocycles. The highest BCUT2D eigenvalue weighted by Crippen LogP contribution is 2.33. The number of fused-ring (bicyclic) bond motifs is 1. The van der Waals surface area contributed by atoms with Crippen LogP contribution in [0.2, 0.25) is 5.02 Å². The van der Waals surface area contributed by atoms with Crippen LogP contribution in [-0.4, -0.2) is 22.0 Å². The molecule has 4 N–H and O–H groups in total. The number of carboxylic acids is 1. The molecule has 0 bridgehead atoms. The van der Waals surface area contributed by atoms with E-state index in [0.717, 1.165) is 30.3 Å². The topological polar surface area (TPSA) is 105 Å². The normalized spacial score (nSPS) is 10.9. The lowest BCUT2D eigenvalue weighted by Gasteiger charge is -2.06.